The van der Waals surface area contributed by atoms with E-state index in [4.69, 9.17) is 10.00 Å². The summed E-state index contributed by atoms with van der Waals surface area (Å²) in [6.45, 7) is 0. The number of carbonyl (C=O) groups is 1. The molecule has 0 aliphatic carbocycles. The summed E-state index contributed by atoms with van der Waals surface area (Å²) in [5.74, 6) is -0.140. The molecule has 0 aromatic heterocycles. The molecule has 0 radical (unpaired) electrons. The lowest BCUT2D eigenvalue weighted by Gasteiger charge is -2.16. The molecule has 0 heterocycles. The van der Waals surface area contributed by atoms with Gasteiger partial charge in [0.25, 0.3) is 0 Å². The monoisotopic (exact) mass is 232 g/mol. The van der Waals surface area contributed by atoms with E-state index in [1.54, 1.807) is 21.2 Å². The zero-order valence-corrected chi connectivity index (χ0v) is 10.3. The molecule has 0 saturated heterocycles. The highest BCUT2D eigenvalue weighted by atomic mass is 16.5. The summed E-state index contributed by atoms with van der Waals surface area (Å²) in [5, 5.41) is 9.03. The topological polar surface area (TPSA) is 53.3 Å². The quantitative estimate of drug-likeness (QED) is 0.789. The lowest BCUT2D eigenvalue weighted by Crippen LogP contribution is -2.30. The van der Waals surface area contributed by atoms with Gasteiger partial charge in [-0.15, -0.1) is 0 Å². The molecule has 4 nitrogen and oxygen atoms in total. The molecule has 1 rings (SSSR count). The van der Waals surface area contributed by atoms with Crippen molar-refractivity contribution < 1.29 is 9.53 Å². The average Bonchev–Trinajstić information content (AvgIpc) is 2.35. The third kappa shape index (κ3) is 3.22. The van der Waals surface area contributed by atoms with Gasteiger partial charge in [0, 0.05) is 20.5 Å². The van der Waals surface area contributed by atoms with Crippen LogP contribution < -0.4 is 4.74 Å². The van der Waals surface area contributed by atoms with Crippen molar-refractivity contribution in [2.45, 2.75) is 6.42 Å². The zero-order valence-electron chi connectivity index (χ0n) is 10.3. The minimum absolute atomic E-state index is 0.182. The summed E-state index contributed by atoms with van der Waals surface area (Å²) in [7, 11) is 4.87. The Balaban J connectivity index is 2.89. The molecule has 4 heteroatoms. The molecular weight excluding hydrogens is 216 g/mol. The standard InChI is InChI=1S/C13H16N2O2/c1-15(2)13(16)11(9-14)8-10-6-4-5-7-12(10)17-3/h4-7,11H,8H2,1-3H3. The van der Waals surface area contributed by atoms with E-state index in [1.807, 2.05) is 30.3 Å². The van der Waals surface area contributed by atoms with Gasteiger partial charge in [-0.25, -0.2) is 0 Å². The van der Waals surface area contributed by atoms with Crippen molar-refractivity contribution in [3.05, 3.63) is 29.8 Å². The van der Waals surface area contributed by atoms with Gasteiger partial charge in [-0.1, -0.05) is 18.2 Å². The molecule has 1 atom stereocenters. The molecule has 1 aromatic rings. The highest BCUT2D eigenvalue weighted by molar-refractivity contribution is 5.81. The first kappa shape index (κ1) is 13.0. The predicted molar refractivity (Wildman–Crippen MR) is 64.5 cm³/mol. The molecule has 0 aliphatic rings. The summed E-state index contributed by atoms with van der Waals surface area (Å²) in [6, 6.07) is 9.45. The third-order valence-electron chi connectivity index (χ3n) is 2.51. The maximum atomic E-state index is 11.7. The summed E-state index contributed by atoms with van der Waals surface area (Å²) < 4.78 is 5.20. The Morgan fingerprint density at radius 2 is 2.12 bits per heavy atom. The Morgan fingerprint density at radius 1 is 1.47 bits per heavy atom. The van der Waals surface area contributed by atoms with E-state index < -0.39 is 5.92 Å². The van der Waals surface area contributed by atoms with Crippen LogP contribution in [0.3, 0.4) is 0 Å². The van der Waals surface area contributed by atoms with Gasteiger partial charge >= 0.3 is 0 Å². The number of para-hydroxylation sites is 1. The van der Waals surface area contributed by atoms with Gasteiger partial charge in [0.15, 0.2) is 0 Å². The van der Waals surface area contributed by atoms with Crippen LogP contribution in [0.2, 0.25) is 0 Å². The second-order valence-electron chi connectivity index (χ2n) is 3.93. The molecule has 1 aromatic carbocycles. The minimum atomic E-state index is -0.665. The van der Waals surface area contributed by atoms with E-state index in [0.717, 1.165) is 5.56 Å². The van der Waals surface area contributed by atoms with Crippen LogP contribution in [-0.4, -0.2) is 32.0 Å². The van der Waals surface area contributed by atoms with Crippen molar-refractivity contribution >= 4 is 5.91 Å². The molecule has 0 bridgehead atoms. The first-order valence-electron chi connectivity index (χ1n) is 5.32. The van der Waals surface area contributed by atoms with Crippen molar-refractivity contribution in [1.82, 2.24) is 4.90 Å². The van der Waals surface area contributed by atoms with Crippen molar-refractivity contribution in [1.29, 1.82) is 5.26 Å². The fraction of sp³-hybridized carbons (Fsp3) is 0.385. The highest BCUT2D eigenvalue weighted by Crippen LogP contribution is 2.21. The molecule has 90 valence electrons. The second kappa shape index (κ2) is 5.90. The van der Waals surface area contributed by atoms with Gasteiger partial charge < -0.3 is 9.64 Å². The largest absolute Gasteiger partial charge is 0.496 e. The number of hydrogen-bond acceptors (Lipinski definition) is 3. The van der Waals surface area contributed by atoms with Gasteiger partial charge in [0.1, 0.15) is 11.7 Å². The fourth-order valence-corrected chi connectivity index (χ4v) is 1.59. The lowest BCUT2D eigenvalue weighted by molar-refractivity contribution is -0.131. The van der Waals surface area contributed by atoms with Crippen molar-refractivity contribution in [2.24, 2.45) is 5.92 Å². The second-order valence-corrected chi connectivity index (χ2v) is 3.93. The molecule has 1 amide bonds. The number of carbonyl (C=O) groups excluding carboxylic acids is 1. The van der Waals surface area contributed by atoms with Gasteiger partial charge in [-0.2, -0.15) is 5.26 Å². The van der Waals surface area contributed by atoms with Crippen LogP contribution in [-0.2, 0) is 11.2 Å². The molecule has 1 unspecified atom stereocenters. The number of methoxy groups -OCH3 is 1. The van der Waals surface area contributed by atoms with Crippen LogP contribution in [0.4, 0.5) is 0 Å². The normalized spacial score (nSPS) is 11.4. The molecule has 0 N–H and O–H groups in total. The summed E-state index contributed by atoms with van der Waals surface area (Å²) in [4.78, 5) is 13.2. The van der Waals surface area contributed by atoms with Gasteiger partial charge in [-0.3, -0.25) is 4.79 Å². The fourth-order valence-electron chi connectivity index (χ4n) is 1.59. The average molecular weight is 232 g/mol. The van der Waals surface area contributed by atoms with E-state index in [9.17, 15) is 4.79 Å². The smallest absolute Gasteiger partial charge is 0.239 e. The number of benzene rings is 1. The number of nitriles is 1. The van der Waals surface area contributed by atoms with E-state index in [-0.39, 0.29) is 5.91 Å². The van der Waals surface area contributed by atoms with Crippen LogP contribution in [0.5, 0.6) is 5.75 Å². The molecule has 0 fully saturated rings. The number of ether oxygens (including phenoxy) is 1. The van der Waals surface area contributed by atoms with Crippen molar-refractivity contribution in [3.63, 3.8) is 0 Å². The Morgan fingerprint density at radius 3 is 2.65 bits per heavy atom. The number of nitrogens with zero attached hydrogens (tertiary/aromatic N) is 2. The Kier molecular flexibility index (Phi) is 4.53. The van der Waals surface area contributed by atoms with Crippen LogP contribution in [0.25, 0.3) is 0 Å². The predicted octanol–water partition coefficient (Wildman–Crippen LogP) is 1.47. The number of hydrogen-bond donors (Lipinski definition) is 0. The molecule has 0 aliphatic heterocycles. The summed E-state index contributed by atoms with van der Waals surface area (Å²) >= 11 is 0. The van der Waals surface area contributed by atoms with Crippen LogP contribution >= 0.6 is 0 Å². The zero-order chi connectivity index (χ0) is 12.8. The summed E-state index contributed by atoms with van der Waals surface area (Å²) in [6.07, 6.45) is 0.373. The molecule has 17 heavy (non-hydrogen) atoms. The number of rotatable bonds is 4. The minimum Gasteiger partial charge on any atom is -0.496 e. The maximum absolute atomic E-state index is 11.7. The van der Waals surface area contributed by atoms with E-state index >= 15 is 0 Å². The first-order chi connectivity index (χ1) is 8.10. The Hall–Kier alpha value is -2.02. The van der Waals surface area contributed by atoms with E-state index in [0.29, 0.717) is 12.2 Å². The first-order valence-corrected chi connectivity index (χ1v) is 5.32. The van der Waals surface area contributed by atoms with Gasteiger partial charge in [0.05, 0.1) is 13.2 Å². The highest BCUT2D eigenvalue weighted by Gasteiger charge is 2.21. The molecule has 0 spiro atoms. The lowest BCUT2D eigenvalue weighted by atomic mass is 9.99. The maximum Gasteiger partial charge on any atom is 0.239 e. The Labute approximate surface area is 101 Å². The third-order valence-corrected chi connectivity index (χ3v) is 2.51. The Bertz CT molecular complexity index is 435. The molecule has 0 saturated carbocycles. The SMILES string of the molecule is COc1ccccc1CC(C#N)C(=O)N(C)C. The number of amides is 1. The van der Waals surface area contributed by atoms with Crippen LogP contribution in [0.1, 0.15) is 5.56 Å². The summed E-state index contributed by atoms with van der Waals surface area (Å²) in [5.41, 5.74) is 0.872. The van der Waals surface area contributed by atoms with Gasteiger partial charge in [-0.05, 0) is 11.6 Å². The van der Waals surface area contributed by atoms with Crippen molar-refractivity contribution in [3.8, 4) is 11.8 Å². The van der Waals surface area contributed by atoms with Crippen LogP contribution in [0, 0.1) is 17.2 Å². The van der Waals surface area contributed by atoms with Crippen LogP contribution in [0.15, 0.2) is 24.3 Å². The van der Waals surface area contributed by atoms with E-state index in [2.05, 4.69) is 0 Å². The van der Waals surface area contributed by atoms with Gasteiger partial charge in [0.2, 0.25) is 5.91 Å². The van der Waals surface area contributed by atoms with Crippen molar-refractivity contribution in [2.75, 3.05) is 21.2 Å². The molecular formula is C13H16N2O2. The van der Waals surface area contributed by atoms with E-state index in [1.165, 1.54) is 4.90 Å².